The smallest absolute Gasteiger partial charge is 0.251 e. The van der Waals surface area contributed by atoms with Crippen molar-refractivity contribution in [2.45, 2.75) is 46.1 Å². The molecular weight excluding hydrogens is 348 g/mol. The van der Waals surface area contributed by atoms with Crippen LogP contribution < -0.4 is 5.32 Å². The van der Waals surface area contributed by atoms with Gasteiger partial charge in [-0.3, -0.25) is 14.5 Å². The van der Waals surface area contributed by atoms with Gasteiger partial charge in [-0.15, -0.1) is 0 Å². The van der Waals surface area contributed by atoms with Crippen LogP contribution in [0.3, 0.4) is 0 Å². The summed E-state index contributed by atoms with van der Waals surface area (Å²) in [4.78, 5) is 16.6. The molecule has 0 aliphatic heterocycles. The molecule has 0 saturated heterocycles. The number of fused-ring (bicyclic) bond motifs is 1. The van der Waals surface area contributed by atoms with Crippen LogP contribution in [0.1, 0.15) is 45.6 Å². The molecule has 1 amide bonds. The summed E-state index contributed by atoms with van der Waals surface area (Å²) in [6.45, 7) is 5.28. The zero-order valence-electron chi connectivity index (χ0n) is 16.5. The summed E-state index contributed by atoms with van der Waals surface area (Å²) in [5.74, 6) is -0.0258. The SMILES string of the molecule is Cc1cc(C)cc(C(=O)NCCn2nc(-c3ccncc3)c3c2CCCC3)c1. The number of benzene rings is 1. The summed E-state index contributed by atoms with van der Waals surface area (Å²) < 4.78 is 2.09. The Morgan fingerprint density at radius 1 is 1.07 bits per heavy atom. The third-order valence-corrected chi connectivity index (χ3v) is 5.30. The van der Waals surface area contributed by atoms with E-state index in [9.17, 15) is 4.79 Å². The van der Waals surface area contributed by atoms with Gasteiger partial charge in [-0.2, -0.15) is 5.10 Å². The lowest BCUT2D eigenvalue weighted by molar-refractivity contribution is 0.0951. The van der Waals surface area contributed by atoms with Crippen LogP contribution in [0.15, 0.2) is 42.7 Å². The van der Waals surface area contributed by atoms with E-state index < -0.39 is 0 Å². The van der Waals surface area contributed by atoms with E-state index >= 15 is 0 Å². The summed E-state index contributed by atoms with van der Waals surface area (Å²) >= 11 is 0. The Bertz CT molecular complexity index is 971. The van der Waals surface area contributed by atoms with Crippen molar-refractivity contribution in [1.82, 2.24) is 20.1 Å². The highest BCUT2D eigenvalue weighted by molar-refractivity contribution is 5.94. The minimum atomic E-state index is -0.0258. The molecular formula is C23H26N4O. The van der Waals surface area contributed by atoms with Crippen LogP contribution in [0.25, 0.3) is 11.3 Å². The number of aryl methyl sites for hydroxylation is 2. The van der Waals surface area contributed by atoms with E-state index in [0.717, 1.165) is 40.8 Å². The van der Waals surface area contributed by atoms with Crippen molar-refractivity contribution < 1.29 is 4.79 Å². The number of aromatic nitrogens is 3. The van der Waals surface area contributed by atoms with Crippen molar-refractivity contribution in [3.63, 3.8) is 0 Å². The van der Waals surface area contributed by atoms with Crippen LogP contribution in [-0.4, -0.2) is 27.2 Å². The average Bonchev–Trinajstić information content (AvgIpc) is 3.07. The molecule has 5 heteroatoms. The molecule has 0 fully saturated rings. The number of rotatable bonds is 5. The Balaban J connectivity index is 1.49. The minimum absolute atomic E-state index is 0.0258. The van der Waals surface area contributed by atoms with Crippen LogP contribution in [0, 0.1) is 13.8 Å². The molecule has 1 N–H and O–H groups in total. The lowest BCUT2D eigenvalue weighted by Crippen LogP contribution is -2.28. The van der Waals surface area contributed by atoms with Gasteiger partial charge >= 0.3 is 0 Å². The minimum Gasteiger partial charge on any atom is -0.350 e. The highest BCUT2D eigenvalue weighted by atomic mass is 16.1. The van der Waals surface area contributed by atoms with Crippen molar-refractivity contribution in [1.29, 1.82) is 0 Å². The number of amides is 1. The van der Waals surface area contributed by atoms with Crippen molar-refractivity contribution in [2.75, 3.05) is 6.54 Å². The number of hydrogen-bond acceptors (Lipinski definition) is 3. The highest BCUT2D eigenvalue weighted by Gasteiger charge is 2.21. The summed E-state index contributed by atoms with van der Waals surface area (Å²) in [6, 6.07) is 9.97. The van der Waals surface area contributed by atoms with Gasteiger partial charge < -0.3 is 5.32 Å². The lowest BCUT2D eigenvalue weighted by atomic mass is 9.94. The van der Waals surface area contributed by atoms with Crippen LogP contribution in [0.2, 0.25) is 0 Å². The Hall–Kier alpha value is -2.95. The molecule has 3 aromatic rings. The molecule has 144 valence electrons. The fraction of sp³-hybridized carbons (Fsp3) is 0.348. The standard InChI is InChI=1S/C23H26N4O/c1-16-13-17(2)15-19(14-16)23(28)25-11-12-27-21-6-4-3-5-20(21)22(26-27)18-7-9-24-10-8-18/h7-10,13-15H,3-6,11-12H2,1-2H3,(H,25,28). The van der Waals surface area contributed by atoms with Crippen molar-refractivity contribution >= 4 is 5.91 Å². The second-order valence-electron chi connectivity index (χ2n) is 7.57. The van der Waals surface area contributed by atoms with Crippen LogP contribution in [0.4, 0.5) is 0 Å². The predicted molar refractivity (Wildman–Crippen MR) is 110 cm³/mol. The van der Waals surface area contributed by atoms with Crippen LogP contribution in [-0.2, 0) is 19.4 Å². The quantitative estimate of drug-likeness (QED) is 0.737. The molecule has 1 aromatic carbocycles. The highest BCUT2D eigenvalue weighted by Crippen LogP contribution is 2.30. The second kappa shape index (κ2) is 7.97. The van der Waals surface area contributed by atoms with Gasteiger partial charge in [0.15, 0.2) is 0 Å². The molecule has 2 aromatic heterocycles. The Morgan fingerprint density at radius 3 is 2.54 bits per heavy atom. The maximum absolute atomic E-state index is 12.5. The van der Waals surface area contributed by atoms with E-state index in [4.69, 9.17) is 5.10 Å². The van der Waals surface area contributed by atoms with Gasteiger partial charge in [0.2, 0.25) is 0 Å². The first-order valence-corrected chi connectivity index (χ1v) is 9.97. The molecule has 2 heterocycles. The maximum Gasteiger partial charge on any atom is 0.251 e. The summed E-state index contributed by atoms with van der Waals surface area (Å²) in [6.07, 6.45) is 8.16. The average molecular weight is 374 g/mol. The number of nitrogens with zero attached hydrogens (tertiary/aromatic N) is 3. The lowest BCUT2D eigenvalue weighted by Gasteiger charge is -2.14. The third-order valence-electron chi connectivity index (χ3n) is 5.30. The van der Waals surface area contributed by atoms with E-state index in [1.165, 1.54) is 24.1 Å². The maximum atomic E-state index is 12.5. The predicted octanol–water partition coefficient (Wildman–Crippen LogP) is 3.87. The van der Waals surface area contributed by atoms with Gasteiger partial charge in [0.25, 0.3) is 5.91 Å². The number of nitrogens with one attached hydrogen (secondary N) is 1. The first kappa shape index (κ1) is 18.4. The van der Waals surface area contributed by atoms with Gasteiger partial charge in [0.05, 0.1) is 12.2 Å². The van der Waals surface area contributed by atoms with Crippen molar-refractivity contribution in [3.8, 4) is 11.3 Å². The topological polar surface area (TPSA) is 59.8 Å². The van der Waals surface area contributed by atoms with E-state index in [-0.39, 0.29) is 5.91 Å². The Morgan fingerprint density at radius 2 is 1.79 bits per heavy atom. The van der Waals surface area contributed by atoms with Crippen LogP contribution in [0.5, 0.6) is 0 Å². The van der Waals surface area contributed by atoms with Gasteiger partial charge in [-0.1, -0.05) is 17.2 Å². The molecule has 0 unspecified atom stereocenters. The molecule has 1 aliphatic rings. The first-order valence-electron chi connectivity index (χ1n) is 9.97. The van der Waals surface area contributed by atoms with Gasteiger partial charge in [0, 0.05) is 41.3 Å². The second-order valence-corrected chi connectivity index (χ2v) is 7.57. The zero-order chi connectivity index (χ0) is 19.5. The Labute approximate surface area is 165 Å². The monoisotopic (exact) mass is 374 g/mol. The van der Waals surface area contributed by atoms with Crippen molar-refractivity contribution in [2.24, 2.45) is 0 Å². The van der Waals surface area contributed by atoms with E-state index in [0.29, 0.717) is 13.1 Å². The normalized spacial score (nSPS) is 13.2. The summed E-state index contributed by atoms with van der Waals surface area (Å²) in [5, 5.41) is 7.95. The molecule has 0 radical (unpaired) electrons. The van der Waals surface area contributed by atoms with Crippen LogP contribution >= 0.6 is 0 Å². The Kier molecular flexibility index (Phi) is 5.24. The molecule has 0 atom stereocenters. The van der Waals surface area contributed by atoms with Gasteiger partial charge in [0.1, 0.15) is 0 Å². The number of carbonyl (C=O) groups excluding carboxylic acids is 1. The van der Waals surface area contributed by atoms with E-state index in [1.54, 1.807) is 0 Å². The van der Waals surface area contributed by atoms with E-state index in [2.05, 4.69) is 21.0 Å². The fourth-order valence-corrected chi connectivity index (χ4v) is 4.08. The molecule has 4 rings (SSSR count). The first-order chi connectivity index (χ1) is 13.6. The fourth-order valence-electron chi connectivity index (χ4n) is 4.08. The van der Waals surface area contributed by atoms with Crippen molar-refractivity contribution in [3.05, 3.63) is 70.7 Å². The number of hydrogen-bond donors (Lipinski definition) is 1. The number of pyridine rings is 1. The van der Waals surface area contributed by atoms with E-state index in [1.807, 2.05) is 50.5 Å². The largest absolute Gasteiger partial charge is 0.350 e. The summed E-state index contributed by atoms with van der Waals surface area (Å²) in [7, 11) is 0. The number of carbonyl (C=O) groups is 1. The molecule has 0 bridgehead atoms. The molecule has 5 nitrogen and oxygen atoms in total. The molecule has 28 heavy (non-hydrogen) atoms. The zero-order valence-corrected chi connectivity index (χ0v) is 16.5. The molecule has 1 aliphatic carbocycles. The molecule has 0 spiro atoms. The van der Waals surface area contributed by atoms with Gasteiger partial charge in [-0.25, -0.2) is 0 Å². The molecule has 0 saturated carbocycles. The summed E-state index contributed by atoms with van der Waals surface area (Å²) in [5.41, 5.74) is 7.79. The third kappa shape index (κ3) is 3.84. The van der Waals surface area contributed by atoms with Gasteiger partial charge in [-0.05, 0) is 63.8 Å².